The molecule has 0 spiro atoms. The van der Waals surface area contributed by atoms with Crippen molar-refractivity contribution in [1.82, 2.24) is 15.0 Å². The highest BCUT2D eigenvalue weighted by Gasteiger charge is 2.30. The third-order valence-electron chi connectivity index (χ3n) is 2.44. The van der Waals surface area contributed by atoms with Crippen LogP contribution in [0.2, 0.25) is 5.28 Å². The molecule has 2 rings (SSSR count). The van der Waals surface area contributed by atoms with Gasteiger partial charge in [0, 0.05) is 5.69 Å². The summed E-state index contributed by atoms with van der Waals surface area (Å²) in [6.45, 7) is 1.65. The van der Waals surface area contributed by atoms with E-state index in [-0.39, 0.29) is 22.9 Å². The molecule has 0 bridgehead atoms. The quantitative estimate of drug-likeness (QED) is 0.891. The highest BCUT2D eigenvalue weighted by atomic mass is 35.5. The van der Waals surface area contributed by atoms with Gasteiger partial charge in [-0.3, -0.25) is 0 Å². The van der Waals surface area contributed by atoms with Crippen molar-refractivity contribution in [3.63, 3.8) is 0 Å². The van der Waals surface area contributed by atoms with E-state index in [1.807, 2.05) is 0 Å². The molecule has 0 saturated carbocycles. The summed E-state index contributed by atoms with van der Waals surface area (Å²) >= 11 is 5.60. The van der Waals surface area contributed by atoms with Gasteiger partial charge in [0.1, 0.15) is 0 Å². The van der Waals surface area contributed by atoms with E-state index in [4.69, 9.17) is 17.3 Å². The number of anilines is 3. The van der Waals surface area contributed by atoms with E-state index >= 15 is 0 Å². The molecular formula is C11H9ClF3N5. The van der Waals surface area contributed by atoms with Crippen molar-refractivity contribution in [3.8, 4) is 0 Å². The van der Waals surface area contributed by atoms with Crippen LogP contribution in [0.4, 0.5) is 30.8 Å². The van der Waals surface area contributed by atoms with Crippen LogP contribution in [0.1, 0.15) is 11.1 Å². The Morgan fingerprint density at radius 1 is 1.20 bits per heavy atom. The van der Waals surface area contributed by atoms with Crippen LogP contribution in [0.25, 0.3) is 0 Å². The second-order valence-electron chi connectivity index (χ2n) is 3.94. The van der Waals surface area contributed by atoms with E-state index in [0.29, 0.717) is 5.56 Å². The molecule has 0 aliphatic rings. The average molecular weight is 304 g/mol. The second kappa shape index (κ2) is 5.12. The van der Waals surface area contributed by atoms with Crippen molar-refractivity contribution >= 4 is 29.2 Å². The van der Waals surface area contributed by atoms with Gasteiger partial charge in [0.25, 0.3) is 0 Å². The number of aromatic nitrogens is 3. The minimum atomic E-state index is -4.43. The van der Waals surface area contributed by atoms with E-state index in [0.717, 1.165) is 12.1 Å². The van der Waals surface area contributed by atoms with Gasteiger partial charge in [0.2, 0.25) is 17.2 Å². The first-order valence-electron chi connectivity index (χ1n) is 5.37. The Morgan fingerprint density at radius 2 is 1.90 bits per heavy atom. The third kappa shape index (κ3) is 3.27. The summed E-state index contributed by atoms with van der Waals surface area (Å²) in [5.41, 5.74) is 5.41. The smallest absolute Gasteiger partial charge is 0.368 e. The van der Waals surface area contributed by atoms with Crippen LogP contribution >= 0.6 is 11.6 Å². The molecule has 0 amide bonds. The van der Waals surface area contributed by atoms with Gasteiger partial charge in [-0.25, -0.2) is 0 Å². The minimum absolute atomic E-state index is 0.0232. The Hall–Kier alpha value is -2.09. The Labute approximate surface area is 117 Å². The van der Waals surface area contributed by atoms with Crippen LogP contribution in [0.5, 0.6) is 0 Å². The topological polar surface area (TPSA) is 76.7 Å². The predicted molar refractivity (Wildman–Crippen MR) is 68.7 cm³/mol. The van der Waals surface area contributed by atoms with Crippen molar-refractivity contribution in [2.24, 2.45) is 0 Å². The highest BCUT2D eigenvalue weighted by Crippen LogP contribution is 2.32. The summed E-state index contributed by atoms with van der Waals surface area (Å²) in [5, 5.41) is 2.49. The van der Waals surface area contributed by atoms with Gasteiger partial charge >= 0.3 is 6.18 Å². The summed E-state index contributed by atoms with van der Waals surface area (Å²) < 4.78 is 38.0. The number of benzene rings is 1. The van der Waals surface area contributed by atoms with E-state index in [9.17, 15) is 13.2 Å². The molecule has 20 heavy (non-hydrogen) atoms. The van der Waals surface area contributed by atoms with Crippen LogP contribution in [0.3, 0.4) is 0 Å². The largest absolute Gasteiger partial charge is 0.416 e. The molecule has 0 fully saturated rings. The number of nitrogens with zero attached hydrogens (tertiary/aromatic N) is 3. The normalized spacial score (nSPS) is 11.4. The van der Waals surface area contributed by atoms with Gasteiger partial charge in [-0.05, 0) is 36.2 Å². The number of nitrogen functional groups attached to an aromatic ring is 1. The van der Waals surface area contributed by atoms with Gasteiger partial charge < -0.3 is 11.1 Å². The van der Waals surface area contributed by atoms with E-state index in [1.165, 1.54) is 6.07 Å². The van der Waals surface area contributed by atoms with Crippen LogP contribution < -0.4 is 11.1 Å². The van der Waals surface area contributed by atoms with Gasteiger partial charge in [-0.2, -0.15) is 28.1 Å². The third-order valence-corrected chi connectivity index (χ3v) is 2.61. The molecular weight excluding hydrogens is 295 g/mol. The average Bonchev–Trinajstić information content (AvgIpc) is 2.29. The summed E-state index contributed by atoms with van der Waals surface area (Å²) in [7, 11) is 0. The lowest BCUT2D eigenvalue weighted by Crippen LogP contribution is -2.08. The number of alkyl halides is 3. The zero-order chi connectivity index (χ0) is 14.9. The molecule has 2 aromatic rings. The number of rotatable bonds is 2. The zero-order valence-corrected chi connectivity index (χ0v) is 10.9. The fourth-order valence-electron chi connectivity index (χ4n) is 1.47. The zero-order valence-electron chi connectivity index (χ0n) is 10.2. The Balaban J connectivity index is 2.37. The summed E-state index contributed by atoms with van der Waals surface area (Å²) in [6.07, 6.45) is -4.43. The van der Waals surface area contributed by atoms with Gasteiger partial charge in [0.05, 0.1) is 5.56 Å². The van der Waals surface area contributed by atoms with E-state index in [1.54, 1.807) is 6.92 Å². The molecule has 0 aliphatic carbocycles. The van der Waals surface area contributed by atoms with Gasteiger partial charge in [0.15, 0.2) is 0 Å². The first kappa shape index (κ1) is 14.3. The fraction of sp³-hybridized carbons (Fsp3) is 0.182. The number of aryl methyl sites for hydroxylation is 1. The molecule has 0 atom stereocenters. The molecule has 9 heteroatoms. The summed E-state index contributed by atoms with van der Waals surface area (Å²) in [4.78, 5) is 11.0. The molecule has 1 aromatic carbocycles. The van der Waals surface area contributed by atoms with Crippen molar-refractivity contribution < 1.29 is 13.2 Å². The summed E-state index contributed by atoms with van der Waals surface area (Å²) in [6, 6.07) is 3.30. The van der Waals surface area contributed by atoms with Crippen LogP contribution in [-0.4, -0.2) is 15.0 Å². The molecule has 0 aliphatic heterocycles. The second-order valence-corrected chi connectivity index (χ2v) is 4.28. The van der Waals surface area contributed by atoms with Crippen molar-refractivity contribution in [2.75, 3.05) is 11.1 Å². The van der Waals surface area contributed by atoms with Gasteiger partial charge in [-0.1, -0.05) is 6.07 Å². The SMILES string of the molecule is Cc1ccc(C(F)(F)F)cc1Nc1nc(N)nc(Cl)n1. The number of nitrogens with two attached hydrogens (primary N) is 1. The van der Waals surface area contributed by atoms with E-state index in [2.05, 4.69) is 20.3 Å². The van der Waals surface area contributed by atoms with Crippen molar-refractivity contribution in [3.05, 3.63) is 34.6 Å². The Bertz CT molecular complexity index is 624. The van der Waals surface area contributed by atoms with Crippen LogP contribution in [0, 0.1) is 6.92 Å². The Kier molecular flexibility index (Phi) is 3.67. The molecule has 1 heterocycles. The Morgan fingerprint density at radius 3 is 2.50 bits per heavy atom. The van der Waals surface area contributed by atoms with E-state index < -0.39 is 11.7 Å². The summed E-state index contributed by atoms with van der Waals surface area (Å²) in [5.74, 6) is -0.151. The lowest BCUT2D eigenvalue weighted by Gasteiger charge is -2.12. The molecule has 1 aromatic heterocycles. The first-order chi connectivity index (χ1) is 9.25. The van der Waals surface area contributed by atoms with Crippen LogP contribution in [0.15, 0.2) is 18.2 Å². The lowest BCUT2D eigenvalue weighted by atomic mass is 10.1. The van der Waals surface area contributed by atoms with Gasteiger partial charge in [-0.15, -0.1) is 0 Å². The number of hydrogen-bond donors (Lipinski definition) is 2. The van der Waals surface area contributed by atoms with Crippen molar-refractivity contribution in [2.45, 2.75) is 13.1 Å². The van der Waals surface area contributed by atoms with Crippen molar-refractivity contribution in [1.29, 1.82) is 0 Å². The number of halogens is 4. The maximum absolute atomic E-state index is 12.7. The monoisotopic (exact) mass is 303 g/mol. The lowest BCUT2D eigenvalue weighted by molar-refractivity contribution is -0.137. The predicted octanol–water partition coefficient (Wildman–Crippen LogP) is 3.18. The van der Waals surface area contributed by atoms with Crippen LogP contribution in [-0.2, 0) is 6.18 Å². The minimum Gasteiger partial charge on any atom is -0.368 e. The maximum Gasteiger partial charge on any atom is 0.416 e. The standard InChI is InChI=1S/C11H9ClF3N5/c1-5-2-3-6(11(13,14)15)4-7(5)17-10-19-8(12)18-9(16)20-10/h2-4H,1H3,(H3,16,17,18,19,20). The molecule has 3 N–H and O–H groups in total. The molecule has 0 radical (unpaired) electrons. The maximum atomic E-state index is 12.7. The fourth-order valence-corrected chi connectivity index (χ4v) is 1.64. The molecule has 106 valence electrons. The number of nitrogens with one attached hydrogen (secondary N) is 1. The molecule has 0 unspecified atom stereocenters. The molecule has 0 saturated heterocycles. The molecule has 5 nitrogen and oxygen atoms in total. The first-order valence-corrected chi connectivity index (χ1v) is 5.75. The highest BCUT2D eigenvalue weighted by molar-refractivity contribution is 6.28. The number of hydrogen-bond acceptors (Lipinski definition) is 5.